The Morgan fingerprint density at radius 2 is 2.43 bits per heavy atom. The maximum Gasteiger partial charge on any atom is 0.0495 e. The van der Waals surface area contributed by atoms with Crippen molar-refractivity contribution in [2.24, 2.45) is 5.41 Å². The highest BCUT2D eigenvalue weighted by Gasteiger charge is 2.47. The minimum atomic E-state index is 0.222. The van der Waals surface area contributed by atoms with Crippen molar-refractivity contribution in [1.29, 1.82) is 0 Å². The Bertz CT molecular complexity index is 80.1. The van der Waals surface area contributed by atoms with Crippen molar-refractivity contribution in [2.45, 2.75) is 18.2 Å². The molecule has 1 fully saturated rings. The van der Waals surface area contributed by atoms with Crippen molar-refractivity contribution >= 4 is 15.9 Å². The van der Waals surface area contributed by atoms with E-state index in [-0.39, 0.29) is 5.41 Å². The van der Waals surface area contributed by atoms with Gasteiger partial charge < -0.3 is 5.11 Å². The predicted molar refractivity (Wildman–Crippen MR) is 32.5 cm³/mol. The Hall–Kier alpha value is 0.440. The first-order chi connectivity index (χ1) is 3.19. The quantitative estimate of drug-likeness (QED) is 0.578. The summed E-state index contributed by atoms with van der Waals surface area (Å²) in [5.41, 5.74) is 0.222. The number of hydrogen-bond donors (Lipinski definition) is 1. The second kappa shape index (κ2) is 1.46. The SMILES string of the molecule is C[C@]1(CO)C[C@@H]1Br. The molecule has 1 N–H and O–H groups in total. The number of aliphatic hydroxyl groups excluding tert-OH is 1. The maximum absolute atomic E-state index is 8.61. The Kier molecular flexibility index (Phi) is 1.16. The lowest BCUT2D eigenvalue weighted by atomic mass is 10.2. The number of aliphatic hydroxyl groups is 1. The van der Waals surface area contributed by atoms with E-state index in [1.54, 1.807) is 0 Å². The molecule has 0 saturated heterocycles. The molecule has 0 aliphatic heterocycles. The fraction of sp³-hybridized carbons (Fsp3) is 1.00. The molecule has 1 aliphatic rings. The van der Waals surface area contributed by atoms with Gasteiger partial charge >= 0.3 is 0 Å². The van der Waals surface area contributed by atoms with Crippen LogP contribution in [0.2, 0.25) is 0 Å². The van der Waals surface area contributed by atoms with Gasteiger partial charge in [-0.05, 0) is 6.42 Å². The van der Waals surface area contributed by atoms with Crippen molar-refractivity contribution in [3.8, 4) is 0 Å². The lowest BCUT2D eigenvalue weighted by molar-refractivity contribution is 0.226. The van der Waals surface area contributed by atoms with Gasteiger partial charge in [-0.25, -0.2) is 0 Å². The number of alkyl halides is 1. The van der Waals surface area contributed by atoms with Crippen molar-refractivity contribution in [2.75, 3.05) is 6.61 Å². The second-order valence-electron chi connectivity index (χ2n) is 2.48. The summed E-state index contributed by atoms with van der Waals surface area (Å²) in [5, 5.41) is 8.61. The minimum absolute atomic E-state index is 0.222. The van der Waals surface area contributed by atoms with Crippen LogP contribution in [0.25, 0.3) is 0 Å². The van der Waals surface area contributed by atoms with Crippen LogP contribution < -0.4 is 0 Å². The van der Waals surface area contributed by atoms with E-state index in [1.807, 2.05) is 0 Å². The molecule has 1 rings (SSSR count). The predicted octanol–water partition coefficient (Wildman–Crippen LogP) is 1.15. The summed E-state index contributed by atoms with van der Waals surface area (Å²) >= 11 is 3.40. The highest BCUT2D eigenvalue weighted by Crippen LogP contribution is 2.50. The number of halogens is 1. The molecule has 2 heteroatoms. The molecular weight excluding hydrogens is 156 g/mol. The normalized spacial score (nSPS) is 49.3. The van der Waals surface area contributed by atoms with Gasteiger partial charge in [0.05, 0.1) is 0 Å². The first-order valence-electron chi connectivity index (χ1n) is 2.44. The fourth-order valence-corrected chi connectivity index (χ4v) is 1.40. The van der Waals surface area contributed by atoms with E-state index in [4.69, 9.17) is 5.11 Å². The van der Waals surface area contributed by atoms with Gasteiger partial charge in [0, 0.05) is 16.8 Å². The molecule has 7 heavy (non-hydrogen) atoms. The van der Waals surface area contributed by atoms with Crippen LogP contribution in [0.1, 0.15) is 13.3 Å². The van der Waals surface area contributed by atoms with Crippen LogP contribution in [-0.2, 0) is 0 Å². The average Bonchev–Trinajstić information content (AvgIpc) is 2.18. The van der Waals surface area contributed by atoms with Crippen LogP contribution in [0.15, 0.2) is 0 Å². The van der Waals surface area contributed by atoms with E-state index in [2.05, 4.69) is 22.9 Å². The largest absolute Gasteiger partial charge is 0.396 e. The molecule has 1 saturated carbocycles. The third kappa shape index (κ3) is 0.820. The van der Waals surface area contributed by atoms with E-state index in [9.17, 15) is 0 Å². The zero-order valence-corrected chi connectivity index (χ0v) is 5.90. The number of hydrogen-bond acceptors (Lipinski definition) is 1. The lowest BCUT2D eigenvalue weighted by Gasteiger charge is -1.98. The molecular formula is C5H9BrO. The smallest absolute Gasteiger partial charge is 0.0495 e. The van der Waals surface area contributed by atoms with Crippen LogP contribution in [0, 0.1) is 5.41 Å². The molecule has 0 amide bonds. The molecule has 0 bridgehead atoms. The van der Waals surface area contributed by atoms with Crippen molar-refractivity contribution in [1.82, 2.24) is 0 Å². The topological polar surface area (TPSA) is 20.2 Å². The standard InChI is InChI=1S/C5H9BrO/c1-5(3-7)2-4(5)6/h4,7H,2-3H2,1H3/t4-,5+/m0/s1. The first kappa shape index (κ1) is 5.57. The summed E-state index contributed by atoms with van der Waals surface area (Å²) < 4.78 is 0. The highest BCUT2D eigenvalue weighted by molar-refractivity contribution is 9.09. The summed E-state index contributed by atoms with van der Waals surface area (Å²) in [6, 6.07) is 0. The lowest BCUT2D eigenvalue weighted by Crippen LogP contribution is -2.02. The van der Waals surface area contributed by atoms with Crippen LogP contribution in [0.4, 0.5) is 0 Å². The molecule has 0 spiro atoms. The van der Waals surface area contributed by atoms with Crippen LogP contribution in [0.3, 0.4) is 0 Å². The summed E-state index contributed by atoms with van der Waals surface area (Å²) in [7, 11) is 0. The van der Waals surface area contributed by atoms with Gasteiger partial charge in [-0.15, -0.1) is 0 Å². The summed E-state index contributed by atoms with van der Waals surface area (Å²) in [5.74, 6) is 0. The Labute approximate surface area is 51.9 Å². The van der Waals surface area contributed by atoms with Gasteiger partial charge in [0.25, 0.3) is 0 Å². The van der Waals surface area contributed by atoms with E-state index in [0.29, 0.717) is 11.4 Å². The molecule has 0 aromatic rings. The molecule has 1 nitrogen and oxygen atoms in total. The van der Waals surface area contributed by atoms with E-state index < -0.39 is 0 Å². The molecule has 2 atom stereocenters. The van der Waals surface area contributed by atoms with Crippen molar-refractivity contribution in [3.05, 3.63) is 0 Å². The Morgan fingerprint density at radius 3 is 2.43 bits per heavy atom. The van der Waals surface area contributed by atoms with E-state index in [1.165, 1.54) is 0 Å². The van der Waals surface area contributed by atoms with Gasteiger partial charge in [-0.1, -0.05) is 22.9 Å². The summed E-state index contributed by atoms with van der Waals surface area (Å²) in [6.07, 6.45) is 1.13. The Balaban J connectivity index is 2.36. The third-order valence-corrected chi connectivity index (χ3v) is 3.03. The minimum Gasteiger partial charge on any atom is -0.396 e. The van der Waals surface area contributed by atoms with Crippen molar-refractivity contribution < 1.29 is 5.11 Å². The molecule has 1 aliphatic carbocycles. The van der Waals surface area contributed by atoms with Gasteiger partial charge in [-0.2, -0.15) is 0 Å². The highest BCUT2D eigenvalue weighted by atomic mass is 79.9. The second-order valence-corrected chi connectivity index (χ2v) is 3.59. The Morgan fingerprint density at radius 1 is 2.00 bits per heavy atom. The molecule has 0 aromatic carbocycles. The van der Waals surface area contributed by atoms with Gasteiger partial charge in [0.15, 0.2) is 0 Å². The van der Waals surface area contributed by atoms with Gasteiger partial charge in [-0.3, -0.25) is 0 Å². The zero-order valence-electron chi connectivity index (χ0n) is 4.32. The third-order valence-electron chi connectivity index (χ3n) is 1.60. The fourth-order valence-electron chi connectivity index (χ4n) is 0.514. The van der Waals surface area contributed by atoms with E-state index in [0.717, 1.165) is 6.42 Å². The number of rotatable bonds is 1. The summed E-state index contributed by atoms with van der Waals surface area (Å²) in [4.78, 5) is 0.574. The first-order valence-corrected chi connectivity index (χ1v) is 3.35. The summed E-state index contributed by atoms with van der Waals surface area (Å²) in [6.45, 7) is 2.40. The molecule has 0 radical (unpaired) electrons. The monoisotopic (exact) mass is 164 g/mol. The van der Waals surface area contributed by atoms with Crippen LogP contribution in [-0.4, -0.2) is 16.5 Å². The molecule has 0 unspecified atom stereocenters. The maximum atomic E-state index is 8.61. The molecule has 0 aromatic heterocycles. The van der Waals surface area contributed by atoms with E-state index >= 15 is 0 Å². The zero-order chi connectivity index (χ0) is 5.49. The van der Waals surface area contributed by atoms with Crippen LogP contribution >= 0.6 is 15.9 Å². The molecule has 0 heterocycles. The van der Waals surface area contributed by atoms with Crippen molar-refractivity contribution in [3.63, 3.8) is 0 Å². The van der Waals surface area contributed by atoms with Gasteiger partial charge in [0.2, 0.25) is 0 Å². The van der Waals surface area contributed by atoms with Gasteiger partial charge in [0.1, 0.15) is 0 Å². The van der Waals surface area contributed by atoms with Crippen LogP contribution in [0.5, 0.6) is 0 Å². The molecule has 42 valence electrons. The average molecular weight is 165 g/mol.